The van der Waals surface area contributed by atoms with Gasteiger partial charge in [-0.1, -0.05) is 53.0 Å². The number of esters is 1. The molecule has 0 unspecified atom stereocenters. The number of carbonyl (C=O) groups is 1. The number of hydrogen-bond acceptors (Lipinski definition) is 5. The lowest BCUT2D eigenvalue weighted by molar-refractivity contribution is -0.129. The Morgan fingerprint density at radius 2 is 1.94 bits per heavy atom. The Hall–Kier alpha value is -2.80. The molecule has 3 aromatic rings. The van der Waals surface area contributed by atoms with Crippen molar-refractivity contribution in [3.05, 3.63) is 97.1 Å². The van der Waals surface area contributed by atoms with E-state index in [1.54, 1.807) is 37.5 Å². The van der Waals surface area contributed by atoms with E-state index in [0.29, 0.717) is 43.8 Å². The number of nitrogens with zero attached hydrogens (tertiary/aromatic N) is 1. The largest absolute Gasteiger partial charge is 0.493 e. The van der Waals surface area contributed by atoms with Gasteiger partial charge in [0, 0.05) is 5.02 Å². The molecule has 0 saturated heterocycles. The molecule has 4 rings (SSSR count). The fourth-order valence-corrected chi connectivity index (χ4v) is 4.33. The van der Waals surface area contributed by atoms with Gasteiger partial charge in [-0.15, -0.1) is 0 Å². The monoisotopic (exact) mass is 545 g/mol. The lowest BCUT2D eigenvalue weighted by atomic mass is 10.1. The number of benzene rings is 3. The SMILES string of the molecule is COc1cc(/C=C2\N=C(c3ccc(Cl)cc3Cl)OC2=O)cc(Br)c1OCc1cccc(C)c1. The Kier molecular flexibility index (Phi) is 7.08. The third-order valence-electron chi connectivity index (χ3n) is 4.80. The van der Waals surface area contributed by atoms with Crippen molar-refractivity contribution < 1.29 is 19.0 Å². The van der Waals surface area contributed by atoms with Crippen molar-refractivity contribution in [1.29, 1.82) is 0 Å². The predicted molar refractivity (Wildman–Crippen MR) is 133 cm³/mol. The molecular formula is C25H18BrCl2NO4. The van der Waals surface area contributed by atoms with Crippen LogP contribution in [0.2, 0.25) is 10.0 Å². The van der Waals surface area contributed by atoms with Crippen LogP contribution in [0.4, 0.5) is 0 Å². The van der Waals surface area contributed by atoms with E-state index in [4.69, 9.17) is 37.4 Å². The molecule has 5 nitrogen and oxygen atoms in total. The van der Waals surface area contributed by atoms with E-state index in [9.17, 15) is 4.79 Å². The summed E-state index contributed by atoms with van der Waals surface area (Å²) in [5.41, 5.74) is 3.51. The van der Waals surface area contributed by atoms with Crippen molar-refractivity contribution in [3.8, 4) is 11.5 Å². The molecule has 0 atom stereocenters. The zero-order valence-corrected chi connectivity index (χ0v) is 20.8. The summed E-state index contributed by atoms with van der Waals surface area (Å²) < 4.78 is 17.5. The quantitative estimate of drug-likeness (QED) is 0.247. The zero-order chi connectivity index (χ0) is 23.5. The van der Waals surface area contributed by atoms with Gasteiger partial charge in [0.05, 0.1) is 22.2 Å². The summed E-state index contributed by atoms with van der Waals surface area (Å²) >= 11 is 15.7. The maximum atomic E-state index is 12.4. The summed E-state index contributed by atoms with van der Waals surface area (Å²) in [7, 11) is 1.56. The van der Waals surface area contributed by atoms with Crippen LogP contribution < -0.4 is 9.47 Å². The maximum Gasteiger partial charge on any atom is 0.363 e. The molecule has 1 aliphatic rings. The van der Waals surface area contributed by atoms with Crippen LogP contribution in [-0.2, 0) is 16.1 Å². The molecule has 8 heteroatoms. The van der Waals surface area contributed by atoms with Gasteiger partial charge in [0.15, 0.2) is 17.2 Å². The van der Waals surface area contributed by atoms with E-state index >= 15 is 0 Å². The minimum absolute atomic E-state index is 0.122. The van der Waals surface area contributed by atoms with Gasteiger partial charge in [-0.25, -0.2) is 9.79 Å². The first-order valence-corrected chi connectivity index (χ1v) is 11.4. The van der Waals surface area contributed by atoms with E-state index in [0.717, 1.165) is 11.1 Å². The summed E-state index contributed by atoms with van der Waals surface area (Å²) in [6.45, 7) is 2.42. The Bertz CT molecular complexity index is 1300. The highest BCUT2D eigenvalue weighted by molar-refractivity contribution is 9.10. The molecule has 0 radical (unpaired) electrons. The summed E-state index contributed by atoms with van der Waals surface area (Å²) in [5.74, 6) is 0.621. The number of aliphatic imine (C=N–C) groups is 1. The van der Waals surface area contributed by atoms with E-state index < -0.39 is 5.97 Å². The number of halogens is 3. The fraction of sp³-hybridized carbons (Fsp3) is 0.120. The highest BCUT2D eigenvalue weighted by Gasteiger charge is 2.26. The van der Waals surface area contributed by atoms with Crippen molar-refractivity contribution >= 4 is 57.1 Å². The average Bonchev–Trinajstić information content (AvgIpc) is 3.12. The van der Waals surface area contributed by atoms with Crippen LogP contribution in [0, 0.1) is 6.92 Å². The van der Waals surface area contributed by atoms with Crippen LogP contribution in [0.25, 0.3) is 6.08 Å². The number of ether oxygens (including phenoxy) is 3. The van der Waals surface area contributed by atoms with E-state index in [-0.39, 0.29) is 11.6 Å². The second-order valence-electron chi connectivity index (χ2n) is 7.27. The standard InChI is InChI=1S/C25H18BrCl2NO4/c1-14-4-3-5-15(8-14)13-32-23-19(26)9-16(11-22(23)31-2)10-21-25(30)33-24(29-21)18-7-6-17(27)12-20(18)28/h3-12H,13H2,1-2H3/b21-10-. The zero-order valence-electron chi connectivity index (χ0n) is 17.7. The summed E-state index contributed by atoms with van der Waals surface area (Å²) in [6.07, 6.45) is 1.61. The normalized spacial score (nSPS) is 14.3. The fourth-order valence-electron chi connectivity index (χ4n) is 3.27. The molecule has 1 aliphatic heterocycles. The number of carbonyl (C=O) groups excluding carboxylic acids is 1. The van der Waals surface area contributed by atoms with Crippen LogP contribution in [0.15, 0.2) is 69.8 Å². The molecule has 33 heavy (non-hydrogen) atoms. The lowest BCUT2D eigenvalue weighted by Gasteiger charge is -2.14. The maximum absolute atomic E-state index is 12.4. The molecule has 1 heterocycles. The molecule has 0 saturated carbocycles. The van der Waals surface area contributed by atoms with Gasteiger partial charge in [-0.2, -0.15) is 0 Å². The second kappa shape index (κ2) is 10.00. The lowest BCUT2D eigenvalue weighted by Crippen LogP contribution is -2.05. The number of cyclic esters (lactones) is 1. The van der Waals surface area contributed by atoms with Crippen molar-refractivity contribution in [2.45, 2.75) is 13.5 Å². The van der Waals surface area contributed by atoms with Crippen LogP contribution in [0.1, 0.15) is 22.3 Å². The molecule has 0 aliphatic carbocycles. The molecule has 0 bridgehead atoms. The molecule has 0 amide bonds. The van der Waals surface area contributed by atoms with Gasteiger partial charge in [-0.05, 0) is 70.4 Å². The topological polar surface area (TPSA) is 57.1 Å². The number of rotatable bonds is 6. The van der Waals surface area contributed by atoms with Crippen molar-refractivity contribution in [1.82, 2.24) is 0 Å². The molecule has 168 valence electrons. The van der Waals surface area contributed by atoms with Gasteiger partial charge in [0.2, 0.25) is 5.90 Å². The van der Waals surface area contributed by atoms with Gasteiger partial charge < -0.3 is 14.2 Å². The van der Waals surface area contributed by atoms with Crippen LogP contribution >= 0.6 is 39.1 Å². The van der Waals surface area contributed by atoms with Crippen LogP contribution in [-0.4, -0.2) is 19.0 Å². The van der Waals surface area contributed by atoms with E-state index in [1.807, 2.05) is 31.2 Å². The first-order chi connectivity index (χ1) is 15.8. The molecule has 0 aromatic heterocycles. The number of methoxy groups -OCH3 is 1. The summed E-state index contributed by atoms with van der Waals surface area (Å²) in [4.78, 5) is 16.7. The number of aryl methyl sites for hydroxylation is 1. The second-order valence-corrected chi connectivity index (χ2v) is 8.97. The summed E-state index contributed by atoms with van der Waals surface area (Å²) in [5, 5.41) is 0.820. The highest BCUT2D eigenvalue weighted by atomic mass is 79.9. The highest BCUT2D eigenvalue weighted by Crippen LogP contribution is 2.38. The molecule has 0 fully saturated rings. The molecule has 3 aromatic carbocycles. The Labute approximate surface area is 209 Å². The first kappa shape index (κ1) is 23.4. The predicted octanol–water partition coefficient (Wildman–Crippen LogP) is 7.00. The Balaban J connectivity index is 1.60. The summed E-state index contributed by atoms with van der Waals surface area (Å²) in [6, 6.07) is 16.5. The number of hydrogen-bond donors (Lipinski definition) is 0. The Morgan fingerprint density at radius 1 is 1.12 bits per heavy atom. The molecular weight excluding hydrogens is 529 g/mol. The molecule has 0 N–H and O–H groups in total. The Morgan fingerprint density at radius 3 is 2.67 bits per heavy atom. The third-order valence-corrected chi connectivity index (χ3v) is 5.94. The third kappa shape index (κ3) is 5.41. The van der Waals surface area contributed by atoms with E-state index in [1.165, 1.54) is 0 Å². The van der Waals surface area contributed by atoms with Crippen LogP contribution in [0.5, 0.6) is 11.5 Å². The van der Waals surface area contributed by atoms with Crippen LogP contribution in [0.3, 0.4) is 0 Å². The average molecular weight is 547 g/mol. The van der Waals surface area contributed by atoms with Gasteiger partial charge >= 0.3 is 5.97 Å². The van der Waals surface area contributed by atoms with Gasteiger partial charge in [-0.3, -0.25) is 0 Å². The van der Waals surface area contributed by atoms with E-state index in [2.05, 4.69) is 27.0 Å². The molecule has 0 spiro atoms. The van der Waals surface area contributed by atoms with Crippen molar-refractivity contribution in [2.75, 3.05) is 7.11 Å². The van der Waals surface area contributed by atoms with Crippen molar-refractivity contribution in [2.24, 2.45) is 4.99 Å². The van der Waals surface area contributed by atoms with Crippen molar-refractivity contribution in [3.63, 3.8) is 0 Å². The van der Waals surface area contributed by atoms with Gasteiger partial charge in [0.1, 0.15) is 6.61 Å². The minimum Gasteiger partial charge on any atom is -0.493 e. The minimum atomic E-state index is -0.578. The first-order valence-electron chi connectivity index (χ1n) is 9.88. The van der Waals surface area contributed by atoms with Gasteiger partial charge in [0.25, 0.3) is 0 Å². The smallest absolute Gasteiger partial charge is 0.363 e.